The molecule has 1 atom stereocenters. The van der Waals surface area contributed by atoms with E-state index in [-0.39, 0.29) is 10.8 Å². The smallest absolute Gasteiger partial charge is 0.417 e. The van der Waals surface area contributed by atoms with Gasteiger partial charge in [0.15, 0.2) is 10.0 Å². The predicted octanol–water partition coefficient (Wildman–Crippen LogP) is 6.88. The second-order valence-electron chi connectivity index (χ2n) is 6.91. The Morgan fingerprint density at radius 2 is 1.58 bits per heavy atom. The van der Waals surface area contributed by atoms with Gasteiger partial charge in [-0.15, -0.1) is 0 Å². The number of pyridine rings is 1. The first-order valence-electron chi connectivity index (χ1n) is 9.53. The summed E-state index contributed by atoms with van der Waals surface area (Å²) in [4.78, 5) is 5.01. The number of halogens is 4. The van der Waals surface area contributed by atoms with Crippen LogP contribution in [0.15, 0.2) is 88.8 Å². The number of benzene rings is 3. The Labute approximate surface area is 201 Å². The van der Waals surface area contributed by atoms with Crippen molar-refractivity contribution >= 4 is 62.4 Å². The molecular formula is C23H15ClF3N3OS2. The third-order valence-electron chi connectivity index (χ3n) is 4.62. The van der Waals surface area contributed by atoms with Crippen LogP contribution >= 0.6 is 23.8 Å². The summed E-state index contributed by atoms with van der Waals surface area (Å²) >= 11 is 9.35. The van der Waals surface area contributed by atoms with Crippen molar-refractivity contribution in [2.75, 3.05) is 10.6 Å². The van der Waals surface area contributed by atoms with Gasteiger partial charge in [-0.3, -0.25) is 0 Å². The van der Waals surface area contributed by atoms with Crippen molar-refractivity contribution in [3.63, 3.8) is 0 Å². The molecule has 168 valence electrons. The molecule has 0 amide bonds. The SMILES string of the molecule is [O-][S+](c1ccc(NC(=S)Nc2ccc(Cl)c(C(F)(F)F)c2)cc1)c1ccc2ccccc2n1. The van der Waals surface area contributed by atoms with Crippen LogP contribution in [0, 0.1) is 0 Å². The van der Waals surface area contributed by atoms with Crippen molar-refractivity contribution in [2.45, 2.75) is 16.1 Å². The molecule has 33 heavy (non-hydrogen) atoms. The lowest BCUT2D eigenvalue weighted by Gasteiger charge is -2.14. The summed E-state index contributed by atoms with van der Waals surface area (Å²) < 4.78 is 52.0. The molecule has 4 rings (SSSR count). The number of alkyl halides is 3. The summed E-state index contributed by atoms with van der Waals surface area (Å²) in [5.74, 6) is 0. The van der Waals surface area contributed by atoms with Gasteiger partial charge in [0.05, 0.1) is 16.1 Å². The largest absolute Gasteiger partial charge is 0.605 e. The van der Waals surface area contributed by atoms with Crippen LogP contribution < -0.4 is 10.6 Å². The molecule has 1 heterocycles. The normalized spacial score (nSPS) is 12.4. The number of hydrogen-bond acceptors (Lipinski definition) is 3. The van der Waals surface area contributed by atoms with Crippen molar-refractivity contribution < 1.29 is 17.7 Å². The van der Waals surface area contributed by atoms with Gasteiger partial charge >= 0.3 is 6.18 Å². The summed E-state index contributed by atoms with van der Waals surface area (Å²) in [7, 11) is 0. The maximum absolute atomic E-state index is 13.0. The number of thiocarbonyl (C=S) groups is 1. The minimum Gasteiger partial charge on any atom is -0.605 e. The number of aromatic nitrogens is 1. The summed E-state index contributed by atoms with van der Waals surface area (Å²) in [6.07, 6.45) is -4.57. The molecule has 4 nitrogen and oxygen atoms in total. The predicted molar refractivity (Wildman–Crippen MR) is 129 cm³/mol. The molecule has 0 spiro atoms. The molecule has 10 heteroatoms. The van der Waals surface area contributed by atoms with Crippen LogP contribution in [0.5, 0.6) is 0 Å². The molecule has 0 saturated heterocycles. The zero-order valence-corrected chi connectivity index (χ0v) is 19.1. The Morgan fingerprint density at radius 3 is 2.30 bits per heavy atom. The van der Waals surface area contributed by atoms with Crippen LogP contribution in [-0.4, -0.2) is 14.6 Å². The van der Waals surface area contributed by atoms with E-state index in [9.17, 15) is 17.7 Å². The highest BCUT2D eigenvalue weighted by molar-refractivity contribution is 7.91. The van der Waals surface area contributed by atoms with Gasteiger partial charge in [-0.1, -0.05) is 29.8 Å². The highest BCUT2D eigenvalue weighted by Gasteiger charge is 2.33. The lowest BCUT2D eigenvalue weighted by atomic mass is 10.2. The molecule has 0 saturated carbocycles. The molecule has 0 radical (unpaired) electrons. The van der Waals surface area contributed by atoms with E-state index in [1.807, 2.05) is 30.3 Å². The van der Waals surface area contributed by atoms with Crippen LogP contribution in [0.4, 0.5) is 24.5 Å². The average Bonchev–Trinajstić information content (AvgIpc) is 2.79. The molecule has 0 aliphatic carbocycles. The molecule has 3 aromatic carbocycles. The zero-order chi connectivity index (χ0) is 23.6. The first-order chi connectivity index (χ1) is 15.7. The molecular weight excluding hydrogens is 491 g/mol. The minimum absolute atomic E-state index is 0.0931. The number of rotatable bonds is 4. The Morgan fingerprint density at radius 1 is 0.909 bits per heavy atom. The van der Waals surface area contributed by atoms with Gasteiger partial charge in [0.1, 0.15) is 0 Å². The Bertz CT molecular complexity index is 1320. The number of nitrogens with zero attached hydrogens (tertiary/aromatic N) is 1. The highest BCUT2D eigenvalue weighted by Crippen LogP contribution is 2.36. The van der Waals surface area contributed by atoms with E-state index in [0.717, 1.165) is 23.0 Å². The molecule has 2 N–H and O–H groups in total. The van der Waals surface area contributed by atoms with E-state index in [2.05, 4.69) is 15.6 Å². The van der Waals surface area contributed by atoms with Gasteiger partial charge < -0.3 is 15.2 Å². The van der Waals surface area contributed by atoms with Crippen molar-refractivity contribution in [3.8, 4) is 0 Å². The number of nitrogens with one attached hydrogen (secondary N) is 2. The first kappa shape index (κ1) is 23.3. The van der Waals surface area contributed by atoms with Gasteiger partial charge in [-0.2, -0.15) is 13.2 Å². The van der Waals surface area contributed by atoms with Crippen LogP contribution in [0.3, 0.4) is 0 Å². The Balaban J connectivity index is 1.43. The third kappa shape index (κ3) is 5.56. The van der Waals surface area contributed by atoms with E-state index in [1.54, 1.807) is 30.3 Å². The standard InChI is InChI=1S/C23H15ClF3N3OS2/c24-19-11-8-16(13-18(19)23(25,26)27)29-22(32)28-15-6-9-17(10-7-15)33(31)21-12-5-14-3-1-2-4-20(14)30-21/h1-13H,(H2,28,29,32). The quantitative estimate of drug-likeness (QED) is 0.234. The molecule has 0 aliphatic heterocycles. The van der Waals surface area contributed by atoms with Crippen molar-refractivity contribution in [3.05, 3.63) is 89.4 Å². The van der Waals surface area contributed by atoms with Crippen molar-refractivity contribution in [2.24, 2.45) is 0 Å². The molecule has 0 bridgehead atoms. The highest BCUT2D eigenvalue weighted by atomic mass is 35.5. The van der Waals surface area contributed by atoms with Gasteiger partial charge in [0.25, 0.3) is 5.03 Å². The number of hydrogen-bond donors (Lipinski definition) is 2. The fraction of sp³-hybridized carbons (Fsp3) is 0.0435. The van der Waals surface area contributed by atoms with Crippen molar-refractivity contribution in [1.29, 1.82) is 0 Å². The number of fused-ring (bicyclic) bond motifs is 1. The summed E-state index contributed by atoms with van der Waals surface area (Å²) in [6.45, 7) is 0. The summed E-state index contributed by atoms with van der Waals surface area (Å²) in [5.41, 5.74) is 0.522. The molecule has 1 aromatic heterocycles. The van der Waals surface area contributed by atoms with E-state index in [4.69, 9.17) is 23.8 Å². The molecule has 0 aliphatic rings. The van der Waals surface area contributed by atoms with Gasteiger partial charge in [-0.05, 0) is 66.8 Å². The van der Waals surface area contributed by atoms with E-state index < -0.39 is 27.9 Å². The monoisotopic (exact) mass is 505 g/mol. The molecule has 4 aromatic rings. The van der Waals surface area contributed by atoms with Gasteiger partial charge in [0.2, 0.25) is 0 Å². The summed E-state index contributed by atoms with van der Waals surface area (Å²) in [5, 5.41) is 6.69. The maximum atomic E-state index is 13.0. The fourth-order valence-electron chi connectivity index (χ4n) is 3.05. The summed E-state index contributed by atoms with van der Waals surface area (Å²) in [6, 6.07) is 21.3. The van der Waals surface area contributed by atoms with Crippen LogP contribution in [0.1, 0.15) is 5.56 Å². The van der Waals surface area contributed by atoms with E-state index in [0.29, 0.717) is 15.6 Å². The Hall–Kier alpha value is -2.85. The maximum Gasteiger partial charge on any atom is 0.417 e. The first-order valence-corrected chi connectivity index (χ1v) is 11.5. The molecule has 1 unspecified atom stereocenters. The minimum atomic E-state index is -4.57. The van der Waals surface area contributed by atoms with Gasteiger partial charge in [0, 0.05) is 34.0 Å². The van der Waals surface area contributed by atoms with E-state index >= 15 is 0 Å². The number of anilines is 2. The van der Waals surface area contributed by atoms with Crippen LogP contribution in [-0.2, 0) is 17.4 Å². The van der Waals surface area contributed by atoms with E-state index in [1.165, 1.54) is 6.07 Å². The second kappa shape index (κ2) is 9.56. The van der Waals surface area contributed by atoms with Gasteiger partial charge in [-0.25, -0.2) is 4.98 Å². The fourth-order valence-corrected chi connectivity index (χ4v) is 4.50. The lowest BCUT2D eigenvalue weighted by Crippen LogP contribution is -2.19. The second-order valence-corrected chi connectivity index (χ2v) is 9.15. The Kier molecular flexibility index (Phi) is 6.76. The third-order valence-corrected chi connectivity index (χ3v) is 6.46. The van der Waals surface area contributed by atoms with Crippen LogP contribution in [0.25, 0.3) is 10.9 Å². The lowest BCUT2D eigenvalue weighted by molar-refractivity contribution is -0.137. The van der Waals surface area contributed by atoms with Crippen molar-refractivity contribution in [1.82, 2.24) is 4.98 Å². The average molecular weight is 506 g/mol. The van der Waals surface area contributed by atoms with Crippen LogP contribution in [0.2, 0.25) is 5.02 Å². The number of para-hydroxylation sites is 1. The zero-order valence-electron chi connectivity index (χ0n) is 16.7. The topological polar surface area (TPSA) is 60.0 Å². The molecule has 0 fully saturated rings.